The number of ether oxygens (including phenoxy) is 2. The van der Waals surface area contributed by atoms with Gasteiger partial charge in [-0.15, -0.1) is 0 Å². The summed E-state index contributed by atoms with van der Waals surface area (Å²) >= 11 is 0. The molecular weight excluding hydrogens is 284 g/mol. The van der Waals surface area contributed by atoms with Gasteiger partial charge in [-0.05, 0) is 55.9 Å². The average Bonchev–Trinajstić information content (AvgIpc) is 2.59. The highest BCUT2D eigenvalue weighted by Crippen LogP contribution is 2.49. The van der Waals surface area contributed by atoms with Crippen LogP contribution in [0, 0.1) is 25.0 Å². The van der Waals surface area contributed by atoms with E-state index in [-0.39, 0.29) is 0 Å². The van der Waals surface area contributed by atoms with Crippen molar-refractivity contribution in [3.63, 3.8) is 0 Å². The van der Waals surface area contributed by atoms with E-state index in [0.717, 1.165) is 37.9 Å². The van der Waals surface area contributed by atoms with Crippen LogP contribution in [0.4, 0.5) is 0 Å². The smallest absolute Gasteiger partial charge is 0.224 e. The molecule has 0 amide bonds. The Labute approximate surface area is 140 Å². The molecule has 23 heavy (non-hydrogen) atoms. The van der Waals surface area contributed by atoms with E-state index in [2.05, 4.69) is 37.3 Å². The van der Waals surface area contributed by atoms with Crippen LogP contribution in [0.25, 0.3) is 0 Å². The largest absolute Gasteiger partial charge is 0.342 e. The SMILES string of the molecule is [CH2]CCC(CC[C]1OC2CC3CCC2C(C3)O1)c1ccccc1. The summed E-state index contributed by atoms with van der Waals surface area (Å²) in [5, 5.41) is 0. The maximum Gasteiger partial charge on any atom is 0.224 e. The van der Waals surface area contributed by atoms with Crippen LogP contribution < -0.4 is 0 Å². The highest BCUT2D eigenvalue weighted by molar-refractivity contribution is 5.19. The minimum absolute atomic E-state index is 0.444. The van der Waals surface area contributed by atoms with E-state index in [1.807, 2.05) is 0 Å². The van der Waals surface area contributed by atoms with Gasteiger partial charge in [-0.1, -0.05) is 43.7 Å². The first-order chi connectivity index (χ1) is 11.3. The number of fused-ring (bicyclic) bond motifs is 1. The van der Waals surface area contributed by atoms with Gasteiger partial charge in [0.1, 0.15) is 0 Å². The van der Waals surface area contributed by atoms with Gasteiger partial charge in [0.05, 0.1) is 12.2 Å². The van der Waals surface area contributed by atoms with E-state index in [4.69, 9.17) is 9.47 Å². The van der Waals surface area contributed by atoms with Crippen LogP contribution in [-0.2, 0) is 9.47 Å². The monoisotopic (exact) mass is 312 g/mol. The summed E-state index contributed by atoms with van der Waals surface area (Å²) < 4.78 is 12.5. The third-order valence-electron chi connectivity index (χ3n) is 6.08. The third-order valence-corrected chi connectivity index (χ3v) is 6.08. The Hall–Kier alpha value is -0.860. The van der Waals surface area contributed by atoms with Crippen molar-refractivity contribution in [3.05, 3.63) is 49.1 Å². The number of benzene rings is 1. The van der Waals surface area contributed by atoms with Crippen LogP contribution in [-0.4, -0.2) is 12.2 Å². The molecule has 1 heterocycles. The molecule has 3 unspecified atom stereocenters. The Morgan fingerprint density at radius 2 is 1.74 bits per heavy atom. The van der Waals surface area contributed by atoms with E-state index in [9.17, 15) is 0 Å². The molecule has 0 N–H and O–H groups in total. The Morgan fingerprint density at radius 3 is 2.39 bits per heavy atom. The molecule has 4 fully saturated rings. The van der Waals surface area contributed by atoms with E-state index in [1.54, 1.807) is 0 Å². The molecule has 1 saturated heterocycles. The maximum atomic E-state index is 6.23. The maximum absolute atomic E-state index is 6.23. The standard InChI is InChI=1S/C21H28O2/c1-2-6-16(17-7-4-3-5-8-17)10-12-21-22-19-13-15-9-11-18(19)20(14-15)23-21/h3-5,7-8,15-16,18-20H,1-2,6,9-14H2. The molecule has 2 heteroatoms. The Kier molecular flexibility index (Phi) is 4.73. The van der Waals surface area contributed by atoms with E-state index < -0.39 is 0 Å². The predicted molar refractivity (Wildman–Crippen MR) is 91.4 cm³/mol. The minimum atomic E-state index is 0.444. The molecule has 0 spiro atoms. The number of hydrogen-bond donors (Lipinski definition) is 0. The van der Waals surface area contributed by atoms with Gasteiger partial charge >= 0.3 is 0 Å². The van der Waals surface area contributed by atoms with Crippen molar-refractivity contribution >= 4 is 0 Å². The lowest BCUT2D eigenvalue weighted by Crippen LogP contribution is -2.52. The van der Waals surface area contributed by atoms with Crippen LogP contribution >= 0.6 is 0 Å². The fourth-order valence-corrected chi connectivity index (χ4v) is 4.87. The summed E-state index contributed by atoms with van der Waals surface area (Å²) in [5.41, 5.74) is 1.42. The summed E-state index contributed by atoms with van der Waals surface area (Å²) in [4.78, 5) is 0. The molecule has 124 valence electrons. The molecule has 4 bridgehead atoms. The van der Waals surface area contributed by atoms with Gasteiger partial charge in [0.15, 0.2) is 0 Å². The highest BCUT2D eigenvalue weighted by Gasteiger charge is 2.48. The number of hydrogen-bond acceptors (Lipinski definition) is 2. The Balaban J connectivity index is 1.35. The van der Waals surface area contributed by atoms with Crippen molar-refractivity contribution in [2.75, 3.05) is 0 Å². The van der Waals surface area contributed by atoms with E-state index in [1.165, 1.54) is 31.2 Å². The molecule has 1 aliphatic heterocycles. The number of rotatable bonds is 6. The lowest BCUT2D eigenvalue weighted by atomic mass is 9.67. The topological polar surface area (TPSA) is 18.5 Å². The van der Waals surface area contributed by atoms with Gasteiger partial charge in [-0.2, -0.15) is 0 Å². The fraction of sp³-hybridized carbons (Fsp3) is 0.619. The van der Waals surface area contributed by atoms with Gasteiger partial charge in [0.25, 0.3) is 0 Å². The Morgan fingerprint density at radius 1 is 1.00 bits per heavy atom. The van der Waals surface area contributed by atoms with Crippen molar-refractivity contribution in [2.45, 2.75) is 69.5 Å². The van der Waals surface area contributed by atoms with Gasteiger partial charge < -0.3 is 9.47 Å². The first-order valence-corrected chi connectivity index (χ1v) is 9.37. The normalized spacial score (nSPS) is 34.5. The van der Waals surface area contributed by atoms with Crippen molar-refractivity contribution in [1.82, 2.24) is 0 Å². The summed E-state index contributed by atoms with van der Waals surface area (Å²) in [6.07, 6.45) is 11.2. The van der Waals surface area contributed by atoms with Crippen LogP contribution in [0.3, 0.4) is 0 Å². The van der Waals surface area contributed by atoms with Crippen LogP contribution in [0.5, 0.6) is 0 Å². The fourth-order valence-electron chi connectivity index (χ4n) is 4.87. The van der Waals surface area contributed by atoms with Crippen molar-refractivity contribution in [3.8, 4) is 0 Å². The van der Waals surface area contributed by atoms with E-state index in [0.29, 0.717) is 24.0 Å². The molecule has 2 radical (unpaired) electrons. The lowest BCUT2D eigenvalue weighted by molar-refractivity contribution is -0.243. The third kappa shape index (κ3) is 3.34. The zero-order valence-corrected chi connectivity index (χ0v) is 14.0. The first kappa shape index (κ1) is 15.7. The van der Waals surface area contributed by atoms with Crippen molar-refractivity contribution in [1.29, 1.82) is 0 Å². The van der Waals surface area contributed by atoms with E-state index >= 15 is 0 Å². The summed E-state index contributed by atoms with van der Waals surface area (Å²) in [5.74, 6) is 2.07. The van der Waals surface area contributed by atoms with Gasteiger partial charge in [0.2, 0.25) is 6.29 Å². The van der Waals surface area contributed by atoms with Crippen LogP contribution in [0.15, 0.2) is 30.3 Å². The van der Waals surface area contributed by atoms with Gasteiger partial charge in [-0.3, -0.25) is 0 Å². The second kappa shape index (κ2) is 6.94. The molecule has 3 atom stereocenters. The predicted octanol–water partition coefficient (Wildman–Crippen LogP) is 5.26. The molecule has 4 aliphatic rings. The zero-order valence-electron chi connectivity index (χ0n) is 14.0. The molecule has 2 nitrogen and oxygen atoms in total. The highest BCUT2D eigenvalue weighted by atomic mass is 16.7. The first-order valence-electron chi connectivity index (χ1n) is 9.37. The molecule has 1 aromatic rings. The minimum Gasteiger partial charge on any atom is -0.342 e. The van der Waals surface area contributed by atoms with Gasteiger partial charge in [-0.25, -0.2) is 0 Å². The lowest BCUT2D eigenvalue weighted by Gasteiger charge is -2.51. The molecule has 5 rings (SSSR count). The average molecular weight is 312 g/mol. The quantitative estimate of drug-likeness (QED) is 0.713. The molecule has 3 aliphatic carbocycles. The second-order valence-electron chi connectivity index (χ2n) is 7.55. The molecule has 3 saturated carbocycles. The van der Waals surface area contributed by atoms with Crippen LogP contribution in [0.1, 0.15) is 62.8 Å². The summed E-state index contributed by atoms with van der Waals surface area (Å²) in [7, 11) is 0. The van der Waals surface area contributed by atoms with Crippen molar-refractivity contribution < 1.29 is 9.47 Å². The molecule has 1 aromatic carbocycles. The van der Waals surface area contributed by atoms with Gasteiger partial charge in [0, 0.05) is 12.3 Å². The van der Waals surface area contributed by atoms with Crippen LogP contribution in [0.2, 0.25) is 0 Å². The summed E-state index contributed by atoms with van der Waals surface area (Å²) in [6, 6.07) is 10.8. The second-order valence-corrected chi connectivity index (χ2v) is 7.55. The molecular formula is C21H28O2. The summed E-state index contributed by atoms with van der Waals surface area (Å²) in [6.45, 7) is 4.05. The zero-order chi connectivity index (χ0) is 15.6. The van der Waals surface area contributed by atoms with Crippen molar-refractivity contribution in [2.24, 2.45) is 11.8 Å². The Bertz CT molecular complexity index is 484. The molecule has 0 aromatic heterocycles.